The largest absolute Gasteiger partial charge is 0.493 e. The molecule has 6 heteroatoms. The van der Waals surface area contributed by atoms with Gasteiger partial charge in [-0.2, -0.15) is 4.57 Å². The van der Waals surface area contributed by atoms with Crippen LogP contribution >= 0.6 is 15.9 Å². The average molecular weight is 445 g/mol. The number of pyridine rings is 1. The summed E-state index contributed by atoms with van der Waals surface area (Å²) < 4.78 is 24.8. The van der Waals surface area contributed by atoms with Crippen molar-refractivity contribution in [1.82, 2.24) is 0 Å². The first-order valence-electron chi connectivity index (χ1n) is 9.18. The lowest BCUT2D eigenvalue weighted by molar-refractivity contribution is -0.686. The molecule has 2 aromatic carbocycles. The van der Waals surface area contributed by atoms with Crippen molar-refractivity contribution >= 4 is 26.7 Å². The van der Waals surface area contributed by atoms with Crippen molar-refractivity contribution < 1.29 is 23.5 Å². The van der Waals surface area contributed by atoms with Crippen molar-refractivity contribution in [2.24, 2.45) is 0 Å². The molecule has 0 fully saturated rings. The summed E-state index contributed by atoms with van der Waals surface area (Å²) in [5.74, 6) is 3.04. The van der Waals surface area contributed by atoms with Crippen LogP contribution < -0.4 is 23.5 Å². The fourth-order valence-corrected chi connectivity index (χ4v) is 3.97. The average Bonchev–Trinajstić information content (AvgIpc) is 2.74. The van der Waals surface area contributed by atoms with Crippen molar-refractivity contribution in [2.75, 3.05) is 33.3 Å². The Balaban J connectivity index is 1.89. The van der Waals surface area contributed by atoms with E-state index in [-0.39, 0.29) is 0 Å². The molecule has 3 aromatic rings. The lowest BCUT2D eigenvalue weighted by atomic mass is 9.95. The maximum absolute atomic E-state index is 5.89. The van der Waals surface area contributed by atoms with Crippen molar-refractivity contribution in [3.63, 3.8) is 0 Å². The molecule has 0 bridgehead atoms. The second kappa shape index (κ2) is 7.87. The van der Waals surface area contributed by atoms with Gasteiger partial charge in [-0.3, -0.25) is 0 Å². The predicted molar refractivity (Wildman–Crippen MR) is 112 cm³/mol. The molecular formula is C22H23BrNO4+. The Labute approximate surface area is 172 Å². The second-order valence-corrected chi connectivity index (χ2v) is 7.40. The number of rotatable bonds is 6. The number of halogens is 1. The van der Waals surface area contributed by atoms with Crippen molar-refractivity contribution in [1.29, 1.82) is 0 Å². The van der Waals surface area contributed by atoms with E-state index in [1.165, 1.54) is 11.1 Å². The highest BCUT2D eigenvalue weighted by Crippen LogP contribution is 2.40. The van der Waals surface area contributed by atoms with Gasteiger partial charge < -0.3 is 18.9 Å². The molecule has 0 amide bonds. The van der Waals surface area contributed by atoms with E-state index in [4.69, 9.17) is 18.9 Å². The molecule has 146 valence electrons. The first-order chi connectivity index (χ1) is 13.7. The molecule has 0 aliphatic carbocycles. The Kier molecular flexibility index (Phi) is 5.31. The zero-order valence-electron chi connectivity index (χ0n) is 16.3. The summed E-state index contributed by atoms with van der Waals surface area (Å²) in [4.78, 5) is 0. The summed E-state index contributed by atoms with van der Waals surface area (Å²) in [6.45, 7) is 1.48. The minimum absolute atomic E-state index is 0.587. The van der Waals surface area contributed by atoms with Gasteiger partial charge in [0.1, 0.15) is 0 Å². The molecule has 1 aliphatic heterocycles. The molecule has 0 radical (unpaired) electrons. The van der Waals surface area contributed by atoms with Crippen molar-refractivity contribution in [3.05, 3.63) is 42.1 Å². The third kappa shape index (κ3) is 3.15. The van der Waals surface area contributed by atoms with Gasteiger partial charge in [-0.1, -0.05) is 15.9 Å². The highest BCUT2D eigenvalue weighted by atomic mass is 79.9. The Hall–Kier alpha value is -2.47. The zero-order valence-corrected chi connectivity index (χ0v) is 17.8. The van der Waals surface area contributed by atoms with Crippen LogP contribution in [0, 0.1) is 0 Å². The minimum atomic E-state index is 0.587. The van der Waals surface area contributed by atoms with Crippen LogP contribution in [0.4, 0.5) is 0 Å². The van der Waals surface area contributed by atoms with Gasteiger partial charge in [0.15, 0.2) is 35.7 Å². The monoisotopic (exact) mass is 444 g/mol. The van der Waals surface area contributed by atoms with Crippen LogP contribution in [0.2, 0.25) is 0 Å². The molecule has 1 aliphatic rings. The van der Waals surface area contributed by atoms with E-state index in [1.54, 1.807) is 21.3 Å². The second-order valence-electron chi connectivity index (χ2n) is 6.60. The summed E-state index contributed by atoms with van der Waals surface area (Å²) in [5, 5.41) is 2.92. The van der Waals surface area contributed by atoms with E-state index >= 15 is 0 Å². The Morgan fingerprint density at radius 1 is 0.964 bits per heavy atom. The lowest BCUT2D eigenvalue weighted by Crippen LogP contribution is -2.40. The van der Waals surface area contributed by atoms with Crippen LogP contribution in [0.25, 0.3) is 22.0 Å². The van der Waals surface area contributed by atoms with Gasteiger partial charge in [0.05, 0.1) is 38.9 Å². The molecule has 0 saturated heterocycles. The standard InChI is InChI=1S/C22H23BrNO4/c1-25-19-5-4-14-10-18-16-12-21(28-9-7-23)20(26-2)11-15(16)6-8-24(18)13-17(14)22(19)27-3/h4-5,10-13H,6-9H2,1-3H3/q+1. The van der Waals surface area contributed by atoms with Crippen LogP contribution in [0.5, 0.6) is 23.0 Å². The van der Waals surface area contributed by atoms with E-state index in [0.717, 1.165) is 57.8 Å². The molecule has 0 N–H and O–H groups in total. The number of fused-ring (bicyclic) bond motifs is 4. The molecule has 0 saturated carbocycles. The minimum Gasteiger partial charge on any atom is -0.493 e. The lowest BCUT2D eigenvalue weighted by Gasteiger charge is -2.19. The fraction of sp³-hybridized carbons (Fsp3) is 0.318. The van der Waals surface area contributed by atoms with Crippen LogP contribution in [0.3, 0.4) is 0 Å². The number of aromatic nitrogens is 1. The molecule has 0 atom stereocenters. The van der Waals surface area contributed by atoms with E-state index in [9.17, 15) is 0 Å². The van der Waals surface area contributed by atoms with Crippen LogP contribution in [0.15, 0.2) is 36.5 Å². The van der Waals surface area contributed by atoms with Gasteiger partial charge in [-0.25, -0.2) is 0 Å². The molecule has 0 spiro atoms. The number of ether oxygens (including phenoxy) is 4. The Morgan fingerprint density at radius 3 is 2.50 bits per heavy atom. The van der Waals surface area contributed by atoms with Crippen molar-refractivity contribution in [2.45, 2.75) is 13.0 Å². The van der Waals surface area contributed by atoms with Gasteiger partial charge in [-0.15, -0.1) is 0 Å². The van der Waals surface area contributed by atoms with Crippen LogP contribution in [-0.2, 0) is 13.0 Å². The SMILES string of the molecule is COc1cc2c(cc1OCCBr)-c1cc3ccc(OC)c(OC)c3c[n+]1CC2. The predicted octanol–water partition coefficient (Wildman–Crippen LogP) is 4.15. The molecule has 28 heavy (non-hydrogen) atoms. The number of methoxy groups -OCH3 is 3. The maximum Gasteiger partial charge on any atom is 0.213 e. The first-order valence-corrected chi connectivity index (χ1v) is 10.3. The number of hydrogen-bond acceptors (Lipinski definition) is 4. The molecule has 1 aromatic heterocycles. The summed E-state index contributed by atoms with van der Waals surface area (Å²) in [7, 11) is 5.02. The summed E-state index contributed by atoms with van der Waals surface area (Å²) in [5.41, 5.74) is 3.60. The molecule has 0 unspecified atom stereocenters. The van der Waals surface area contributed by atoms with Crippen LogP contribution in [0.1, 0.15) is 5.56 Å². The molecule has 2 heterocycles. The van der Waals surface area contributed by atoms with Gasteiger partial charge in [0.2, 0.25) is 5.69 Å². The maximum atomic E-state index is 5.89. The quantitative estimate of drug-likeness (QED) is 0.422. The number of hydrogen-bond donors (Lipinski definition) is 0. The highest BCUT2D eigenvalue weighted by Gasteiger charge is 2.27. The topological polar surface area (TPSA) is 40.8 Å². The third-order valence-electron chi connectivity index (χ3n) is 5.13. The van der Waals surface area contributed by atoms with Gasteiger partial charge in [0.25, 0.3) is 0 Å². The summed E-state index contributed by atoms with van der Waals surface area (Å²) in [6.07, 6.45) is 3.08. The normalized spacial score (nSPS) is 12.3. The zero-order chi connectivity index (χ0) is 19.7. The number of alkyl halides is 1. The molecule has 5 nitrogen and oxygen atoms in total. The number of aryl methyl sites for hydroxylation is 2. The Bertz CT molecular complexity index is 1030. The highest BCUT2D eigenvalue weighted by molar-refractivity contribution is 9.09. The fourth-order valence-electron chi connectivity index (χ4n) is 3.81. The molecule has 4 rings (SSSR count). The van der Waals surface area contributed by atoms with Gasteiger partial charge in [-0.05, 0) is 35.2 Å². The number of benzene rings is 2. The first kappa shape index (κ1) is 18.9. The van der Waals surface area contributed by atoms with Gasteiger partial charge >= 0.3 is 0 Å². The van der Waals surface area contributed by atoms with E-state index < -0.39 is 0 Å². The molecular weight excluding hydrogens is 422 g/mol. The number of nitrogens with zero attached hydrogens (tertiary/aromatic N) is 1. The van der Waals surface area contributed by atoms with E-state index in [0.29, 0.717) is 6.61 Å². The van der Waals surface area contributed by atoms with Crippen molar-refractivity contribution in [3.8, 4) is 34.3 Å². The van der Waals surface area contributed by atoms with E-state index in [2.05, 4.69) is 51.0 Å². The van der Waals surface area contributed by atoms with Crippen LogP contribution in [-0.4, -0.2) is 33.3 Å². The summed E-state index contributed by atoms with van der Waals surface area (Å²) >= 11 is 3.41. The Morgan fingerprint density at radius 2 is 1.79 bits per heavy atom. The third-order valence-corrected chi connectivity index (χ3v) is 5.45. The van der Waals surface area contributed by atoms with E-state index in [1.807, 2.05) is 6.07 Å². The smallest absolute Gasteiger partial charge is 0.213 e. The van der Waals surface area contributed by atoms with Gasteiger partial charge in [0, 0.05) is 17.8 Å². The summed E-state index contributed by atoms with van der Waals surface area (Å²) in [6, 6.07) is 10.4.